The molecule has 1 N–H and O–H groups in total. The number of aromatic nitrogens is 1. The van der Waals surface area contributed by atoms with E-state index in [-0.39, 0.29) is 6.04 Å². The zero-order valence-corrected chi connectivity index (χ0v) is 36.0. The van der Waals surface area contributed by atoms with Gasteiger partial charge in [0.15, 0.2) is 0 Å². The largest absolute Gasteiger partial charge is 0.359 e. The predicted molar refractivity (Wildman–Crippen MR) is 275 cm³/mol. The molecule has 0 radical (unpaired) electrons. The second-order valence-electron chi connectivity index (χ2n) is 17.7. The maximum Gasteiger partial charge on any atom is 0.134 e. The van der Waals surface area contributed by atoms with E-state index in [0.29, 0.717) is 0 Å². The van der Waals surface area contributed by atoms with E-state index in [1.807, 2.05) is 0 Å². The highest BCUT2D eigenvalue weighted by atomic mass is 15.0. The van der Waals surface area contributed by atoms with E-state index >= 15 is 0 Å². The summed E-state index contributed by atoms with van der Waals surface area (Å²) >= 11 is 0. The Balaban J connectivity index is 0.947. The van der Waals surface area contributed by atoms with Crippen LogP contribution in [-0.2, 0) is 12.8 Å². The molecule has 10 aromatic rings. The van der Waals surface area contributed by atoms with Crippen LogP contribution in [0.2, 0.25) is 0 Å². The zero-order valence-electron chi connectivity index (χ0n) is 36.0. The molecule has 0 saturated heterocycles. The molecule has 0 amide bonds. The quantitative estimate of drug-likeness (QED) is 0.166. The molecule has 0 bridgehead atoms. The van der Waals surface area contributed by atoms with Gasteiger partial charge in [-0.2, -0.15) is 0 Å². The molecule has 2 aliphatic carbocycles. The molecule has 308 valence electrons. The first-order valence-corrected chi connectivity index (χ1v) is 23.0. The van der Waals surface area contributed by atoms with E-state index in [1.165, 1.54) is 99.1 Å². The molecule has 9 aromatic carbocycles. The smallest absolute Gasteiger partial charge is 0.134 e. The molecule has 65 heavy (non-hydrogen) atoms. The maximum absolute atomic E-state index is 5.26. The van der Waals surface area contributed by atoms with Gasteiger partial charge in [0, 0.05) is 27.6 Å². The fourth-order valence-corrected chi connectivity index (χ4v) is 10.8. The van der Waals surface area contributed by atoms with Crippen LogP contribution >= 0.6 is 0 Å². The van der Waals surface area contributed by atoms with Crippen LogP contribution in [0, 0.1) is 0 Å². The molecular weight excluding hydrogens is 787 g/mol. The standard InChI is InChI=1S/C62H45N3/c1-3-16-41(17-4-1)57-39-58(64-62(63-57)42-18-5-2-6-19-42)47-22-13-21-46(35-47)49-26-14-27-53-50-23-9-10-24-51(50)55-37-44(30-33-54(55)61(49)53)45-31-34-60-56(38-45)52-25-11-12-28-59(52)65(60)48-32-29-40-15-7-8-20-43(40)36-48/h1-7,10-19,21-22,24-39,57H,8-9,20,23H2,(H,63,64). The van der Waals surface area contributed by atoms with Crippen molar-refractivity contribution in [3.63, 3.8) is 0 Å². The molecule has 0 spiro atoms. The molecule has 13 rings (SSSR count). The van der Waals surface area contributed by atoms with Crippen LogP contribution < -0.4 is 5.32 Å². The summed E-state index contributed by atoms with van der Waals surface area (Å²) < 4.78 is 2.45. The first-order valence-electron chi connectivity index (χ1n) is 23.0. The van der Waals surface area contributed by atoms with Crippen LogP contribution in [0.15, 0.2) is 205 Å². The third kappa shape index (κ3) is 6.38. The number of aliphatic imine (C=N–C) groups is 1. The maximum atomic E-state index is 5.26. The number of hydrogen-bond donors (Lipinski definition) is 1. The molecule has 3 nitrogen and oxygen atoms in total. The summed E-state index contributed by atoms with van der Waals surface area (Å²) in [7, 11) is 0. The van der Waals surface area contributed by atoms with Crippen LogP contribution in [0.5, 0.6) is 0 Å². The van der Waals surface area contributed by atoms with Crippen LogP contribution in [0.25, 0.3) is 89.1 Å². The Kier molecular flexibility index (Phi) is 8.87. The molecule has 1 aliphatic heterocycles. The van der Waals surface area contributed by atoms with E-state index in [4.69, 9.17) is 4.99 Å². The third-order valence-electron chi connectivity index (χ3n) is 13.9. The Morgan fingerprint density at radius 3 is 2.12 bits per heavy atom. The molecule has 3 aliphatic rings. The van der Waals surface area contributed by atoms with Crippen LogP contribution in [0.3, 0.4) is 0 Å². The molecule has 1 unspecified atom stereocenters. The average molecular weight is 832 g/mol. The normalized spacial score (nSPS) is 15.5. The monoisotopic (exact) mass is 831 g/mol. The molecule has 0 saturated carbocycles. The van der Waals surface area contributed by atoms with E-state index in [0.717, 1.165) is 48.3 Å². The van der Waals surface area contributed by atoms with Gasteiger partial charge < -0.3 is 9.88 Å². The van der Waals surface area contributed by atoms with Crippen LogP contribution in [0.4, 0.5) is 0 Å². The van der Waals surface area contributed by atoms with Crippen molar-refractivity contribution < 1.29 is 0 Å². The highest BCUT2D eigenvalue weighted by Crippen LogP contribution is 2.44. The van der Waals surface area contributed by atoms with Gasteiger partial charge in [-0.1, -0.05) is 164 Å². The van der Waals surface area contributed by atoms with E-state index in [1.54, 1.807) is 0 Å². The highest BCUT2D eigenvalue weighted by molar-refractivity contribution is 6.19. The number of allylic oxidation sites excluding steroid dienone is 2. The summed E-state index contributed by atoms with van der Waals surface area (Å²) in [5, 5.41) is 11.5. The molecule has 1 aromatic heterocycles. The van der Waals surface area contributed by atoms with E-state index in [9.17, 15) is 0 Å². The van der Waals surface area contributed by atoms with Crippen molar-refractivity contribution in [3.05, 3.63) is 239 Å². The first kappa shape index (κ1) is 37.5. The Morgan fingerprint density at radius 2 is 1.22 bits per heavy atom. The lowest BCUT2D eigenvalue weighted by Gasteiger charge is -2.24. The number of fused-ring (bicyclic) bond motifs is 10. The number of amidine groups is 1. The Hall–Kier alpha value is -8.01. The second-order valence-corrected chi connectivity index (χ2v) is 17.7. The number of benzene rings is 9. The minimum Gasteiger partial charge on any atom is -0.359 e. The van der Waals surface area contributed by atoms with Gasteiger partial charge in [0.1, 0.15) is 5.84 Å². The molecular formula is C62H45N3. The molecule has 1 atom stereocenters. The minimum atomic E-state index is -0.0101. The van der Waals surface area contributed by atoms with Crippen molar-refractivity contribution in [2.45, 2.75) is 31.7 Å². The number of hydrogen-bond acceptors (Lipinski definition) is 2. The minimum absolute atomic E-state index is 0.0101. The summed E-state index contributed by atoms with van der Waals surface area (Å²) in [5.74, 6) is 0.881. The van der Waals surface area contributed by atoms with Gasteiger partial charge in [-0.3, -0.25) is 0 Å². The van der Waals surface area contributed by atoms with Gasteiger partial charge in [-0.25, -0.2) is 4.99 Å². The van der Waals surface area contributed by atoms with Gasteiger partial charge in [-0.05, 0) is 146 Å². The average Bonchev–Trinajstić information content (AvgIpc) is 3.72. The number of rotatable bonds is 6. The van der Waals surface area contributed by atoms with Gasteiger partial charge in [0.05, 0.1) is 22.8 Å². The van der Waals surface area contributed by atoms with Crippen molar-refractivity contribution in [1.82, 2.24) is 9.88 Å². The second kappa shape index (κ2) is 15.4. The first-order chi connectivity index (χ1) is 32.2. The van der Waals surface area contributed by atoms with Gasteiger partial charge in [0.2, 0.25) is 0 Å². The topological polar surface area (TPSA) is 29.3 Å². The van der Waals surface area contributed by atoms with Gasteiger partial charge >= 0.3 is 0 Å². The van der Waals surface area contributed by atoms with E-state index < -0.39 is 0 Å². The SMILES string of the molecule is C1=Cc2ccc(-n3c4ccccc4c4cc(-c5ccc6c(c5)c5c(c7cccc(-c8cccc(C9=CC(c%10ccccc%10)NC(c%10ccccc%10)=N9)c8)c76)CCC=C5)ccc43)cc2CC1. The van der Waals surface area contributed by atoms with Crippen LogP contribution in [0.1, 0.15) is 57.8 Å². The van der Waals surface area contributed by atoms with Crippen molar-refractivity contribution in [3.8, 4) is 27.9 Å². The molecule has 3 heteroatoms. The van der Waals surface area contributed by atoms with Gasteiger partial charge in [0.25, 0.3) is 0 Å². The van der Waals surface area contributed by atoms with Crippen LogP contribution in [-0.4, -0.2) is 10.4 Å². The number of nitrogens with one attached hydrogen (secondary N) is 1. The van der Waals surface area contributed by atoms with Crippen molar-refractivity contribution >= 4 is 67.0 Å². The Labute approximate surface area is 379 Å². The number of aryl methyl sites for hydroxylation is 2. The lowest BCUT2D eigenvalue weighted by molar-refractivity contribution is 0.781. The van der Waals surface area contributed by atoms with Crippen molar-refractivity contribution in [1.29, 1.82) is 0 Å². The fraction of sp³-hybridized carbons (Fsp3) is 0.0806. The number of nitrogens with zero attached hydrogens (tertiary/aromatic N) is 2. The summed E-state index contributed by atoms with van der Waals surface area (Å²) in [5.41, 5.74) is 18.5. The third-order valence-corrected chi connectivity index (χ3v) is 13.9. The molecule has 0 fully saturated rings. The Bertz CT molecular complexity index is 3680. The van der Waals surface area contributed by atoms with Gasteiger partial charge in [-0.15, -0.1) is 0 Å². The zero-order chi connectivity index (χ0) is 42.8. The summed E-state index contributed by atoms with van der Waals surface area (Å²) in [6.45, 7) is 0. The summed E-state index contributed by atoms with van der Waals surface area (Å²) in [6, 6.07) is 67.1. The summed E-state index contributed by atoms with van der Waals surface area (Å²) in [4.78, 5) is 5.26. The van der Waals surface area contributed by atoms with Crippen molar-refractivity contribution in [2.24, 2.45) is 4.99 Å². The van der Waals surface area contributed by atoms with Crippen molar-refractivity contribution in [2.75, 3.05) is 0 Å². The molecule has 2 heterocycles. The highest BCUT2D eigenvalue weighted by Gasteiger charge is 2.22. The fourth-order valence-electron chi connectivity index (χ4n) is 10.8. The summed E-state index contributed by atoms with van der Waals surface area (Å²) in [6.07, 6.45) is 15.8. The lowest BCUT2D eigenvalue weighted by Crippen LogP contribution is -2.31. The van der Waals surface area contributed by atoms with E-state index in [2.05, 4.69) is 222 Å². The lowest BCUT2D eigenvalue weighted by atomic mass is 9.83. The Morgan fingerprint density at radius 1 is 0.492 bits per heavy atom. The predicted octanol–water partition coefficient (Wildman–Crippen LogP) is 15.5. The number of para-hydroxylation sites is 1.